The van der Waals surface area contributed by atoms with E-state index in [0.29, 0.717) is 12.6 Å². The zero-order chi connectivity index (χ0) is 12.7. The van der Waals surface area contributed by atoms with Gasteiger partial charge in [-0.15, -0.1) is 0 Å². The zero-order valence-electron chi connectivity index (χ0n) is 11.4. The molecule has 0 spiro atoms. The van der Waals surface area contributed by atoms with Gasteiger partial charge in [-0.3, -0.25) is 4.68 Å². The fourth-order valence-electron chi connectivity index (χ4n) is 1.91. The van der Waals surface area contributed by atoms with Crippen LogP contribution in [-0.2, 0) is 4.74 Å². The molecule has 2 unspecified atom stereocenters. The molecule has 17 heavy (non-hydrogen) atoms. The molecule has 98 valence electrons. The van der Waals surface area contributed by atoms with Crippen molar-refractivity contribution in [2.45, 2.75) is 45.7 Å². The van der Waals surface area contributed by atoms with Crippen molar-refractivity contribution in [3.8, 4) is 0 Å². The molecule has 0 saturated carbocycles. The Balaban J connectivity index is 2.64. The van der Waals surface area contributed by atoms with Gasteiger partial charge in [0, 0.05) is 24.9 Å². The fraction of sp³-hybridized carbons (Fsp3) is 0.769. The first-order valence-corrected chi connectivity index (χ1v) is 6.49. The summed E-state index contributed by atoms with van der Waals surface area (Å²) in [7, 11) is 1.72. The summed E-state index contributed by atoms with van der Waals surface area (Å²) in [6.45, 7) is 8.24. The molecule has 1 heterocycles. The van der Waals surface area contributed by atoms with E-state index in [1.807, 2.05) is 10.9 Å². The Morgan fingerprint density at radius 1 is 1.47 bits per heavy atom. The molecule has 0 aromatic carbocycles. The molecule has 1 aromatic heterocycles. The topological polar surface area (TPSA) is 39.1 Å². The lowest BCUT2D eigenvalue weighted by atomic mass is 10.1. The van der Waals surface area contributed by atoms with Gasteiger partial charge in [-0.1, -0.05) is 13.8 Å². The second kappa shape index (κ2) is 7.45. The standard InChI is InChI=1S/C13H25N3O/c1-5-7-14-13(6-2)12-8-15-16(9-12)11(3)10-17-4/h8-9,11,13-14H,5-7,10H2,1-4H3. The van der Waals surface area contributed by atoms with Crippen LogP contribution in [0.4, 0.5) is 0 Å². The molecule has 2 atom stereocenters. The first-order chi connectivity index (χ1) is 8.22. The lowest BCUT2D eigenvalue weighted by Crippen LogP contribution is -2.21. The predicted molar refractivity (Wildman–Crippen MR) is 70.1 cm³/mol. The summed E-state index contributed by atoms with van der Waals surface area (Å²) in [6.07, 6.45) is 6.33. The van der Waals surface area contributed by atoms with Crippen molar-refractivity contribution in [1.29, 1.82) is 0 Å². The van der Waals surface area contributed by atoms with Gasteiger partial charge >= 0.3 is 0 Å². The Morgan fingerprint density at radius 3 is 2.82 bits per heavy atom. The maximum Gasteiger partial charge on any atom is 0.0724 e. The highest BCUT2D eigenvalue weighted by Crippen LogP contribution is 2.17. The van der Waals surface area contributed by atoms with Crippen LogP contribution in [0.15, 0.2) is 12.4 Å². The Morgan fingerprint density at radius 2 is 2.24 bits per heavy atom. The molecule has 1 aromatic rings. The van der Waals surface area contributed by atoms with Crippen LogP contribution >= 0.6 is 0 Å². The van der Waals surface area contributed by atoms with Crippen molar-refractivity contribution in [3.63, 3.8) is 0 Å². The van der Waals surface area contributed by atoms with Gasteiger partial charge in [-0.25, -0.2) is 0 Å². The van der Waals surface area contributed by atoms with E-state index in [1.165, 1.54) is 5.56 Å². The maximum atomic E-state index is 5.14. The first-order valence-electron chi connectivity index (χ1n) is 6.49. The van der Waals surface area contributed by atoms with Gasteiger partial charge in [0.1, 0.15) is 0 Å². The molecule has 0 aliphatic heterocycles. The number of aromatic nitrogens is 2. The smallest absolute Gasteiger partial charge is 0.0724 e. The molecule has 0 amide bonds. The Kier molecular flexibility index (Phi) is 6.22. The van der Waals surface area contributed by atoms with Crippen LogP contribution in [0.3, 0.4) is 0 Å². The quantitative estimate of drug-likeness (QED) is 0.757. The number of rotatable bonds is 8. The van der Waals surface area contributed by atoms with E-state index in [9.17, 15) is 0 Å². The molecule has 1 rings (SSSR count). The SMILES string of the molecule is CCCNC(CC)c1cnn(C(C)COC)c1. The normalized spacial score (nSPS) is 14.8. The van der Waals surface area contributed by atoms with E-state index in [2.05, 4.69) is 37.4 Å². The minimum absolute atomic E-state index is 0.289. The van der Waals surface area contributed by atoms with Gasteiger partial charge in [-0.2, -0.15) is 5.10 Å². The number of hydrogen-bond donors (Lipinski definition) is 1. The van der Waals surface area contributed by atoms with Gasteiger partial charge in [0.05, 0.1) is 18.8 Å². The summed E-state index contributed by atoms with van der Waals surface area (Å²) < 4.78 is 7.12. The van der Waals surface area contributed by atoms with Crippen LogP contribution in [0.5, 0.6) is 0 Å². The van der Waals surface area contributed by atoms with Gasteiger partial charge < -0.3 is 10.1 Å². The van der Waals surface area contributed by atoms with Crippen LogP contribution in [0.1, 0.15) is 51.3 Å². The summed E-state index contributed by atoms with van der Waals surface area (Å²) in [5, 5.41) is 7.94. The average Bonchev–Trinajstić information content (AvgIpc) is 2.80. The number of nitrogens with zero attached hydrogens (tertiary/aromatic N) is 2. The molecule has 0 fully saturated rings. The second-order valence-corrected chi connectivity index (χ2v) is 4.47. The molecular weight excluding hydrogens is 214 g/mol. The molecule has 0 aliphatic carbocycles. The second-order valence-electron chi connectivity index (χ2n) is 4.47. The fourth-order valence-corrected chi connectivity index (χ4v) is 1.91. The maximum absolute atomic E-state index is 5.14. The molecule has 4 nitrogen and oxygen atoms in total. The highest BCUT2D eigenvalue weighted by molar-refractivity contribution is 5.10. The molecule has 0 aliphatic rings. The van der Waals surface area contributed by atoms with Gasteiger partial charge in [-0.05, 0) is 26.3 Å². The highest BCUT2D eigenvalue weighted by Gasteiger charge is 2.12. The van der Waals surface area contributed by atoms with Gasteiger partial charge in [0.2, 0.25) is 0 Å². The number of methoxy groups -OCH3 is 1. The molecule has 0 saturated heterocycles. The summed E-state index contributed by atoms with van der Waals surface area (Å²) in [5.74, 6) is 0. The van der Waals surface area contributed by atoms with E-state index in [0.717, 1.165) is 19.4 Å². The van der Waals surface area contributed by atoms with Crippen molar-refractivity contribution in [1.82, 2.24) is 15.1 Å². The number of hydrogen-bond acceptors (Lipinski definition) is 3. The molecular formula is C13H25N3O. The molecule has 1 N–H and O–H groups in total. The number of nitrogens with one attached hydrogen (secondary N) is 1. The average molecular weight is 239 g/mol. The van der Waals surface area contributed by atoms with Crippen molar-refractivity contribution < 1.29 is 4.74 Å². The lowest BCUT2D eigenvalue weighted by molar-refractivity contribution is 0.157. The van der Waals surface area contributed by atoms with Crippen molar-refractivity contribution in [3.05, 3.63) is 18.0 Å². The van der Waals surface area contributed by atoms with Gasteiger partial charge in [0.15, 0.2) is 0 Å². The third-order valence-corrected chi connectivity index (χ3v) is 2.93. The number of ether oxygens (including phenoxy) is 1. The molecule has 4 heteroatoms. The van der Waals surface area contributed by atoms with Crippen LogP contribution in [0.25, 0.3) is 0 Å². The third kappa shape index (κ3) is 4.13. The van der Waals surface area contributed by atoms with Crippen molar-refractivity contribution >= 4 is 0 Å². The Bertz CT molecular complexity index is 311. The Hall–Kier alpha value is -0.870. The van der Waals surface area contributed by atoms with Crippen molar-refractivity contribution in [2.24, 2.45) is 0 Å². The summed E-state index contributed by atoms with van der Waals surface area (Å²) in [4.78, 5) is 0. The van der Waals surface area contributed by atoms with Crippen molar-refractivity contribution in [2.75, 3.05) is 20.3 Å². The van der Waals surface area contributed by atoms with E-state index < -0.39 is 0 Å². The zero-order valence-corrected chi connectivity index (χ0v) is 11.4. The summed E-state index contributed by atoms with van der Waals surface area (Å²) in [6, 6.07) is 0.705. The first kappa shape index (κ1) is 14.2. The Labute approximate surface area is 104 Å². The van der Waals surface area contributed by atoms with Crippen LogP contribution in [-0.4, -0.2) is 30.0 Å². The van der Waals surface area contributed by atoms with E-state index in [-0.39, 0.29) is 6.04 Å². The molecule has 0 radical (unpaired) electrons. The van der Waals surface area contributed by atoms with E-state index in [1.54, 1.807) is 7.11 Å². The predicted octanol–water partition coefficient (Wildman–Crippen LogP) is 2.54. The monoisotopic (exact) mass is 239 g/mol. The third-order valence-electron chi connectivity index (χ3n) is 2.93. The highest BCUT2D eigenvalue weighted by atomic mass is 16.5. The van der Waals surface area contributed by atoms with Gasteiger partial charge in [0.25, 0.3) is 0 Å². The van der Waals surface area contributed by atoms with E-state index >= 15 is 0 Å². The largest absolute Gasteiger partial charge is 0.382 e. The summed E-state index contributed by atoms with van der Waals surface area (Å²) >= 11 is 0. The molecule has 0 bridgehead atoms. The van der Waals surface area contributed by atoms with Crippen LogP contribution < -0.4 is 5.32 Å². The minimum atomic E-state index is 0.289. The lowest BCUT2D eigenvalue weighted by Gasteiger charge is -2.15. The van der Waals surface area contributed by atoms with Crippen LogP contribution in [0, 0.1) is 0 Å². The summed E-state index contributed by atoms with van der Waals surface area (Å²) in [5.41, 5.74) is 1.27. The minimum Gasteiger partial charge on any atom is -0.382 e. The van der Waals surface area contributed by atoms with Crippen LogP contribution in [0.2, 0.25) is 0 Å². The van der Waals surface area contributed by atoms with E-state index in [4.69, 9.17) is 4.74 Å².